The fraction of sp³-hybridized carbons (Fsp3) is 0.128. The van der Waals surface area contributed by atoms with E-state index in [-0.39, 0.29) is 17.9 Å². The zero-order valence-corrected chi connectivity index (χ0v) is 29.6. The van der Waals surface area contributed by atoms with Crippen LogP contribution in [0.2, 0.25) is 15.1 Å². The van der Waals surface area contributed by atoms with E-state index in [9.17, 15) is 4.79 Å². The number of carbonyl (C=O) groups is 1. The van der Waals surface area contributed by atoms with Gasteiger partial charge in [-0.2, -0.15) is 5.10 Å². The fourth-order valence-electron chi connectivity index (χ4n) is 6.48. The van der Waals surface area contributed by atoms with Crippen LogP contribution in [-0.2, 0) is 6.61 Å². The van der Waals surface area contributed by atoms with Gasteiger partial charge in [0.15, 0.2) is 11.5 Å². The Morgan fingerprint density at radius 3 is 2.40 bits per heavy atom. The number of hydrazone groups is 1. The molecule has 0 bridgehead atoms. The quantitative estimate of drug-likeness (QED) is 0.166. The van der Waals surface area contributed by atoms with Gasteiger partial charge in [0.25, 0.3) is 5.24 Å². The third-order valence-electron chi connectivity index (χ3n) is 8.81. The molecule has 3 heterocycles. The molecule has 1 fully saturated rings. The maximum absolute atomic E-state index is 14.2. The largest absolute Gasteiger partial charge is 0.493 e. The minimum Gasteiger partial charge on any atom is -0.493 e. The van der Waals surface area contributed by atoms with Crippen molar-refractivity contribution in [3.63, 3.8) is 0 Å². The van der Waals surface area contributed by atoms with Gasteiger partial charge in [-0.25, -0.2) is 9.91 Å². The summed E-state index contributed by atoms with van der Waals surface area (Å²) in [6.07, 6.45) is 2.54. The highest BCUT2D eigenvalue weighted by Crippen LogP contribution is 2.58. The third kappa shape index (κ3) is 5.76. The molecular formula is C39H28Cl3N3O4S. The highest BCUT2D eigenvalue weighted by Gasteiger charge is 2.63. The molecule has 0 saturated carbocycles. The second-order valence-corrected chi connectivity index (χ2v) is 14.1. The minimum atomic E-state index is -1.45. The lowest BCUT2D eigenvalue weighted by Gasteiger charge is -2.49. The third-order valence-corrected chi connectivity index (χ3v) is 10.6. The zero-order valence-electron chi connectivity index (χ0n) is 26.6. The Labute approximate surface area is 308 Å². The number of benzene rings is 5. The number of hydrogen-bond donors (Lipinski definition) is 0. The summed E-state index contributed by atoms with van der Waals surface area (Å²) in [5.74, 6) is 0.233. The van der Waals surface area contributed by atoms with Gasteiger partial charge in [0.1, 0.15) is 12.4 Å². The van der Waals surface area contributed by atoms with Crippen molar-refractivity contribution in [1.29, 1.82) is 0 Å². The van der Waals surface area contributed by atoms with Crippen LogP contribution in [0, 0.1) is 0 Å². The van der Waals surface area contributed by atoms with E-state index in [1.165, 1.54) is 0 Å². The number of methoxy groups -OCH3 is 1. The molecule has 11 heteroatoms. The van der Waals surface area contributed by atoms with Crippen LogP contribution in [0.4, 0.5) is 10.5 Å². The molecule has 0 aliphatic carbocycles. The molecule has 5 aromatic carbocycles. The molecule has 50 heavy (non-hydrogen) atoms. The second kappa shape index (κ2) is 13.3. The first kappa shape index (κ1) is 32.6. The normalized spacial score (nSPS) is 20.1. The number of hydrogen-bond acceptors (Lipinski definition) is 7. The Bertz CT molecular complexity index is 2180. The Morgan fingerprint density at radius 2 is 1.64 bits per heavy atom. The summed E-state index contributed by atoms with van der Waals surface area (Å²) in [5, 5.41) is 8.62. The number of carbonyl (C=O) groups excluding carboxylic acids is 1. The molecule has 2 unspecified atom stereocenters. The molecular weight excluding hydrogens is 713 g/mol. The number of amides is 1. The lowest BCUT2D eigenvalue weighted by Crippen LogP contribution is -2.63. The molecule has 0 N–H and O–H groups in total. The van der Waals surface area contributed by atoms with Crippen LogP contribution in [0.5, 0.6) is 17.2 Å². The molecule has 3 aliphatic heterocycles. The predicted octanol–water partition coefficient (Wildman–Crippen LogP) is 10.8. The molecule has 1 amide bonds. The number of halogens is 3. The summed E-state index contributed by atoms with van der Waals surface area (Å²) in [4.78, 5) is 16.5. The number of thioether (sulfide) groups is 1. The summed E-state index contributed by atoms with van der Waals surface area (Å²) in [7, 11) is 1.59. The van der Waals surface area contributed by atoms with E-state index in [0.717, 1.165) is 39.7 Å². The van der Waals surface area contributed by atoms with E-state index in [1.54, 1.807) is 30.2 Å². The van der Waals surface area contributed by atoms with Gasteiger partial charge < -0.3 is 14.2 Å². The van der Waals surface area contributed by atoms with E-state index >= 15 is 0 Å². The lowest BCUT2D eigenvalue weighted by atomic mass is 9.95. The van der Waals surface area contributed by atoms with Crippen molar-refractivity contribution in [1.82, 2.24) is 5.01 Å². The SMILES string of the molecule is COc1cc(/C=C2\SC(=O)N(c3ccccc3)C23Oc2ccc(Cl)cc2C2CC(c4ccccc4)=NN23)ccc1OCc1ccc(Cl)cc1Cl. The molecule has 250 valence electrons. The monoisotopic (exact) mass is 739 g/mol. The van der Waals surface area contributed by atoms with Gasteiger partial charge in [0, 0.05) is 32.6 Å². The van der Waals surface area contributed by atoms with Gasteiger partial charge in [-0.15, -0.1) is 0 Å². The molecule has 2 atom stereocenters. The van der Waals surface area contributed by atoms with Crippen molar-refractivity contribution in [3.05, 3.63) is 157 Å². The van der Waals surface area contributed by atoms with Gasteiger partial charge in [0.05, 0.1) is 29.5 Å². The van der Waals surface area contributed by atoms with Gasteiger partial charge >= 0.3 is 5.85 Å². The smallest absolute Gasteiger partial charge is 0.321 e. The number of para-hydroxylation sites is 1. The van der Waals surface area contributed by atoms with Crippen LogP contribution in [0.15, 0.2) is 125 Å². The zero-order chi connectivity index (χ0) is 34.4. The summed E-state index contributed by atoms with van der Waals surface area (Å²) in [6.45, 7) is 0.224. The lowest BCUT2D eigenvalue weighted by molar-refractivity contribution is -0.0763. The van der Waals surface area contributed by atoms with Crippen LogP contribution >= 0.6 is 46.6 Å². The first-order valence-electron chi connectivity index (χ1n) is 15.8. The van der Waals surface area contributed by atoms with Crippen LogP contribution in [0.25, 0.3) is 6.08 Å². The molecule has 7 nitrogen and oxygen atoms in total. The summed E-state index contributed by atoms with van der Waals surface area (Å²) >= 11 is 20.1. The number of rotatable bonds is 7. The standard InChI is InChI=1S/C39H28Cl3N3O4S/c1-47-36-18-24(12-16-35(36)48-23-26-13-14-28(41)21-31(26)42)19-37-39(44(38(46)50-37)29-10-6-3-7-11-29)45-33(30-20-27(40)15-17-34(30)49-39)22-32(43-45)25-8-4-2-5-9-25/h2-21,33H,22-23H2,1H3/b37-19-. The topological polar surface area (TPSA) is 63.6 Å². The van der Waals surface area contributed by atoms with Crippen LogP contribution in [-0.4, -0.2) is 28.9 Å². The summed E-state index contributed by atoms with van der Waals surface area (Å²) < 4.78 is 18.9. The molecule has 1 saturated heterocycles. The number of fused-ring (bicyclic) bond motifs is 4. The Hall–Kier alpha value is -4.60. The van der Waals surface area contributed by atoms with E-state index in [0.29, 0.717) is 49.3 Å². The van der Waals surface area contributed by atoms with Gasteiger partial charge in [-0.3, -0.25) is 4.79 Å². The van der Waals surface area contributed by atoms with Gasteiger partial charge in [-0.1, -0.05) is 95.5 Å². The summed E-state index contributed by atoms with van der Waals surface area (Å²) in [6, 6.07) is 35.8. The van der Waals surface area contributed by atoms with E-state index < -0.39 is 5.85 Å². The second-order valence-electron chi connectivity index (χ2n) is 11.9. The van der Waals surface area contributed by atoms with Gasteiger partial charge in [0.2, 0.25) is 0 Å². The molecule has 0 radical (unpaired) electrons. The molecule has 3 aliphatic rings. The molecule has 8 rings (SSSR count). The van der Waals surface area contributed by atoms with E-state index in [4.69, 9.17) is 54.1 Å². The first-order valence-corrected chi connectivity index (χ1v) is 17.7. The fourth-order valence-corrected chi connectivity index (χ4v) is 8.19. The van der Waals surface area contributed by atoms with E-state index in [2.05, 4.69) is 0 Å². The van der Waals surface area contributed by atoms with Crippen molar-refractivity contribution < 1.29 is 19.0 Å². The first-order chi connectivity index (χ1) is 24.3. The Kier molecular flexibility index (Phi) is 8.65. The highest BCUT2D eigenvalue weighted by molar-refractivity contribution is 8.17. The van der Waals surface area contributed by atoms with Crippen molar-refractivity contribution in [2.75, 3.05) is 12.0 Å². The Balaban J connectivity index is 1.25. The number of ether oxygens (including phenoxy) is 3. The predicted molar refractivity (Wildman–Crippen MR) is 201 cm³/mol. The molecule has 1 spiro atoms. The molecule has 0 aromatic heterocycles. The van der Waals surface area contributed by atoms with Crippen molar-refractivity contribution in [2.45, 2.75) is 24.9 Å². The average molecular weight is 741 g/mol. The number of nitrogens with zero attached hydrogens (tertiary/aromatic N) is 3. The van der Waals surface area contributed by atoms with Crippen molar-refractivity contribution in [2.24, 2.45) is 5.10 Å². The maximum atomic E-state index is 14.2. The maximum Gasteiger partial charge on any atom is 0.321 e. The van der Waals surface area contributed by atoms with Crippen LogP contribution in [0.3, 0.4) is 0 Å². The van der Waals surface area contributed by atoms with E-state index in [1.807, 2.05) is 108 Å². The van der Waals surface area contributed by atoms with Crippen molar-refractivity contribution in [3.8, 4) is 17.2 Å². The van der Waals surface area contributed by atoms with Crippen LogP contribution in [0.1, 0.15) is 34.7 Å². The molecule has 5 aromatic rings. The van der Waals surface area contributed by atoms with Gasteiger partial charge in [-0.05, 0) is 83.6 Å². The number of anilines is 1. The minimum absolute atomic E-state index is 0.200. The van der Waals surface area contributed by atoms with Crippen molar-refractivity contribution >= 4 is 69.3 Å². The average Bonchev–Trinajstić information content (AvgIpc) is 3.70. The van der Waals surface area contributed by atoms with Crippen LogP contribution < -0.4 is 19.1 Å². The highest BCUT2D eigenvalue weighted by atomic mass is 35.5. The summed E-state index contributed by atoms with van der Waals surface area (Å²) in [5.41, 5.74) is 5.02. The Morgan fingerprint density at radius 1 is 0.900 bits per heavy atom.